The first-order valence-electron chi connectivity index (χ1n) is 10.6. The van der Waals surface area contributed by atoms with Crippen LogP contribution in [-0.4, -0.2) is 25.1 Å². The fraction of sp³-hybridized carbons (Fsp3) is 0.115. The summed E-state index contributed by atoms with van der Waals surface area (Å²) in [6.45, 7) is 4.34. The SMILES string of the molecule is CC1=CC=C[C@H](C)C=C1c1cnc2n[nH]c(-c3cc4c(-c5ccsc5)nccc4[nH]3)c2c1. The second kappa shape index (κ2) is 7.43. The molecule has 5 aromatic rings. The predicted octanol–water partition coefficient (Wildman–Crippen LogP) is 6.77. The lowest BCUT2D eigenvalue weighted by atomic mass is 9.97. The number of H-pyrrole nitrogens is 2. The van der Waals surface area contributed by atoms with Crippen molar-refractivity contribution in [2.45, 2.75) is 13.8 Å². The Morgan fingerprint density at radius 3 is 2.88 bits per heavy atom. The Labute approximate surface area is 189 Å². The van der Waals surface area contributed by atoms with Crippen molar-refractivity contribution in [3.8, 4) is 22.6 Å². The highest BCUT2D eigenvalue weighted by Gasteiger charge is 2.16. The van der Waals surface area contributed by atoms with E-state index in [1.165, 1.54) is 11.1 Å². The van der Waals surface area contributed by atoms with E-state index in [0.29, 0.717) is 11.6 Å². The lowest BCUT2D eigenvalue weighted by Crippen LogP contribution is -1.91. The number of nitrogens with one attached hydrogen (secondary N) is 2. The van der Waals surface area contributed by atoms with Crippen LogP contribution in [0.1, 0.15) is 19.4 Å². The Morgan fingerprint density at radius 2 is 2.00 bits per heavy atom. The van der Waals surface area contributed by atoms with Crippen LogP contribution >= 0.6 is 11.3 Å². The second-order valence-electron chi connectivity index (χ2n) is 8.18. The zero-order chi connectivity index (χ0) is 21.7. The highest BCUT2D eigenvalue weighted by Crippen LogP contribution is 2.35. The third kappa shape index (κ3) is 3.11. The largest absolute Gasteiger partial charge is 0.353 e. The Hall–Kier alpha value is -3.77. The molecule has 0 saturated heterocycles. The molecule has 156 valence electrons. The van der Waals surface area contributed by atoms with Gasteiger partial charge in [0, 0.05) is 45.2 Å². The summed E-state index contributed by atoms with van der Waals surface area (Å²) in [7, 11) is 0. The molecular formula is C26H21N5S. The molecular weight excluding hydrogens is 414 g/mol. The normalized spacial score (nSPS) is 16.4. The van der Waals surface area contributed by atoms with Crippen LogP contribution in [0.4, 0.5) is 0 Å². The van der Waals surface area contributed by atoms with E-state index in [1.54, 1.807) is 11.3 Å². The van der Waals surface area contributed by atoms with Gasteiger partial charge >= 0.3 is 0 Å². The number of hydrogen-bond acceptors (Lipinski definition) is 4. The second-order valence-corrected chi connectivity index (χ2v) is 8.96. The van der Waals surface area contributed by atoms with Gasteiger partial charge < -0.3 is 4.98 Å². The molecule has 1 aliphatic rings. The molecule has 0 radical (unpaired) electrons. The zero-order valence-electron chi connectivity index (χ0n) is 17.8. The van der Waals surface area contributed by atoms with E-state index < -0.39 is 0 Å². The molecule has 32 heavy (non-hydrogen) atoms. The van der Waals surface area contributed by atoms with Gasteiger partial charge in [0.1, 0.15) is 0 Å². The number of fused-ring (bicyclic) bond motifs is 2. The number of thiophene rings is 1. The highest BCUT2D eigenvalue weighted by atomic mass is 32.1. The first-order valence-corrected chi connectivity index (χ1v) is 11.5. The first kappa shape index (κ1) is 19.0. The van der Waals surface area contributed by atoms with Crippen LogP contribution in [0.2, 0.25) is 0 Å². The van der Waals surface area contributed by atoms with Gasteiger partial charge in [-0.3, -0.25) is 10.1 Å². The molecule has 1 atom stereocenters. The topological polar surface area (TPSA) is 70.2 Å². The molecule has 0 aliphatic heterocycles. The summed E-state index contributed by atoms with van der Waals surface area (Å²) in [5.74, 6) is 0.370. The van der Waals surface area contributed by atoms with Crippen LogP contribution in [0.15, 0.2) is 77.3 Å². The van der Waals surface area contributed by atoms with E-state index in [9.17, 15) is 0 Å². The van der Waals surface area contributed by atoms with E-state index >= 15 is 0 Å². The van der Waals surface area contributed by atoms with Gasteiger partial charge in [-0.15, -0.1) is 0 Å². The Bertz CT molecular complexity index is 1550. The molecule has 0 unspecified atom stereocenters. The number of hydrogen-bond donors (Lipinski definition) is 2. The van der Waals surface area contributed by atoms with Gasteiger partial charge in [-0.2, -0.15) is 16.4 Å². The van der Waals surface area contributed by atoms with Gasteiger partial charge in [-0.05, 0) is 53.6 Å². The summed E-state index contributed by atoms with van der Waals surface area (Å²) >= 11 is 1.68. The Kier molecular flexibility index (Phi) is 4.40. The van der Waals surface area contributed by atoms with Crippen molar-refractivity contribution in [3.63, 3.8) is 0 Å². The average Bonchev–Trinajstić information content (AvgIpc) is 3.53. The maximum absolute atomic E-state index is 4.65. The van der Waals surface area contributed by atoms with Crippen LogP contribution in [0.25, 0.3) is 50.2 Å². The standard InChI is InChI=1S/C26H21N5S/c1-15-4-3-5-16(2)19(10-15)18-11-21-25(30-31-26(21)28-13-18)23-12-20-22(29-23)6-8-27-24(20)17-7-9-32-14-17/h3-15,29H,1-2H3,(H,28,30,31)/t15-/m0/s1. The molecule has 5 aromatic heterocycles. The van der Waals surface area contributed by atoms with Crippen molar-refractivity contribution < 1.29 is 0 Å². The van der Waals surface area contributed by atoms with Crippen molar-refractivity contribution in [3.05, 3.63) is 82.9 Å². The summed E-state index contributed by atoms with van der Waals surface area (Å²) in [6.07, 6.45) is 12.5. The van der Waals surface area contributed by atoms with Crippen molar-refractivity contribution in [2.24, 2.45) is 5.92 Å². The lowest BCUT2D eigenvalue weighted by Gasteiger charge is -2.09. The highest BCUT2D eigenvalue weighted by molar-refractivity contribution is 7.08. The molecule has 0 amide bonds. The predicted molar refractivity (Wildman–Crippen MR) is 132 cm³/mol. The quantitative estimate of drug-likeness (QED) is 0.329. The summed E-state index contributed by atoms with van der Waals surface area (Å²) in [6, 6.07) is 8.45. The van der Waals surface area contributed by atoms with Gasteiger partial charge in [0.2, 0.25) is 0 Å². The van der Waals surface area contributed by atoms with E-state index in [0.717, 1.165) is 44.5 Å². The number of aromatic nitrogens is 5. The van der Waals surface area contributed by atoms with Gasteiger partial charge in [0.05, 0.1) is 17.1 Å². The number of allylic oxidation sites excluding steroid dienone is 6. The molecule has 6 rings (SSSR count). The monoisotopic (exact) mass is 435 g/mol. The average molecular weight is 436 g/mol. The van der Waals surface area contributed by atoms with E-state index in [1.807, 2.05) is 18.5 Å². The van der Waals surface area contributed by atoms with Gasteiger partial charge in [0.25, 0.3) is 0 Å². The number of rotatable bonds is 3. The Morgan fingerprint density at radius 1 is 1.06 bits per heavy atom. The first-order chi connectivity index (χ1) is 15.7. The molecule has 5 nitrogen and oxygen atoms in total. The van der Waals surface area contributed by atoms with Crippen LogP contribution in [0, 0.1) is 5.92 Å². The third-order valence-electron chi connectivity index (χ3n) is 5.95. The zero-order valence-corrected chi connectivity index (χ0v) is 18.6. The van der Waals surface area contributed by atoms with Gasteiger partial charge in [0.15, 0.2) is 5.65 Å². The van der Waals surface area contributed by atoms with Crippen LogP contribution < -0.4 is 0 Å². The molecule has 5 heterocycles. The number of nitrogens with zero attached hydrogens (tertiary/aromatic N) is 3. The third-order valence-corrected chi connectivity index (χ3v) is 6.63. The maximum atomic E-state index is 4.65. The number of pyridine rings is 2. The molecule has 2 N–H and O–H groups in total. The van der Waals surface area contributed by atoms with Crippen LogP contribution in [-0.2, 0) is 0 Å². The minimum Gasteiger partial charge on any atom is -0.353 e. The molecule has 0 bridgehead atoms. The van der Waals surface area contributed by atoms with Crippen molar-refractivity contribution in [1.82, 2.24) is 25.1 Å². The van der Waals surface area contributed by atoms with Gasteiger partial charge in [-0.1, -0.05) is 31.2 Å². The van der Waals surface area contributed by atoms with E-state index in [-0.39, 0.29) is 0 Å². The minimum absolute atomic E-state index is 0.370. The van der Waals surface area contributed by atoms with Gasteiger partial charge in [-0.25, -0.2) is 4.98 Å². The van der Waals surface area contributed by atoms with E-state index in [4.69, 9.17) is 0 Å². The summed E-state index contributed by atoms with van der Waals surface area (Å²) < 4.78 is 0. The molecule has 0 spiro atoms. The van der Waals surface area contributed by atoms with E-state index in [2.05, 4.69) is 92.3 Å². The van der Waals surface area contributed by atoms with Crippen molar-refractivity contribution in [1.29, 1.82) is 0 Å². The number of aromatic amines is 2. The summed E-state index contributed by atoms with van der Waals surface area (Å²) in [4.78, 5) is 12.8. The summed E-state index contributed by atoms with van der Waals surface area (Å²) in [5.41, 5.74) is 9.33. The molecule has 0 aromatic carbocycles. The minimum atomic E-state index is 0.370. The van der Waals surface area contributed by atoms with Crippen LogP contribution in [0.5, 0.6) is 0 Å². The smallest absolute Gasteiger partial charge is 0.181 e. The Balaban J connectivity index is 1.50. The maximum Gasteiger partial charge on any atom is 0.181 e. The fourth-order valence-electron chi connectivity index (χ4n) is 4.31. The lowest BCUT2D eigenvalue weighted by molar-refractivity contribution is 0.944. The molecule has 0 saturated carbocycles. The summed E-state index contributed by atoms with van der Waals surface area (Å²) in [5, 5.41) is 14.0. The molecule has 0 fully saturated rings. The fourth-order valence-corrected chi connectivity index (χ4v) is 4.95. The van der Waals surface area contributed by atoms with Crippen LogP contribution in [0.3, 0.4) is 0 Å². The molecule has 1 aliphatic carbocycles. The molecule has 6 heteroatoms. The van der Waals surface area contributed by atoms with Crippen molar-refractivity contribution >= 4 is 38.8 Å². The van der Waals surface area contributed by atoms with Crippen molar-refractivity contribution in [2.75, 3.05) is 0 Å².